The molecule has 8 unspecified atom stereocenters. The molecule has 330 valence electrons. The molecule has 0 N–H and O–H groups in total. The molecule has 12 aliphatic rings. The number of fused-ring (bicyclic) bond motifs is 30. The van der Waals surface area contributed by atoms with E-state index in [0.29, 0.717) is 64.8 Å². The van der Waals surface area contributed by atoms with Gasteiger partial charge in [-0.05, 0) is 232 Å². The molecule has 10 bridgehead atoms. The fraction of sp³-hybridized carbons (Fsp3) is 0.452. The average Bonchev–Trinajstić information content (AvgIpc) is 4.11. The second-order valence-electron chi connectivity index (χ2n) is 24.8. The Morgan fingerprint density at radius 3 is 1.49 bits per heavy atom. The molecule has 0 radical (unpaired) electrons. The van der Waals surface area contributed by atoms with Gasteiger partial charge in [0.05, 0.1) is 45.8 Å². The third kappa shape index (κ3) is 3.82. The standard InChI is InChI=1S/C62H50N4O2/c1-64-44-23-48-56(52-39-15-26-11-32(39)17-34(13-26)50(44)52)58-54-42-19-40-36(27-2-6-29(7-3-27)61(40)67)21-45(42)65-47-18-35(24-63)49-33-12-25-10-31(16-33)38(14-25)51(49)55(47)57(59(54)65)53-43-20-41-37(22-46(43)66(48)60(53)58)28-4-8-30(9-5-28)62(41)68/h18-23,25-34,38-39H,2-17H2. The van der Waals surface area contributed by atoms with Crippen LogP contribution in [-0.4, -0.2) is 20.4 Å². The number of hydrogen-bond acceptors (Lipinski definition) is 3. The number of hydrogen-bond donors (Lipinski definition) is 0. The molecule has 6 heteroatoms. The second kappa shape index (κ2) is 11.5. The van der Waals surface area contributed by atoms with Gasteiger partial charge in [-0.25, -0.2) is 4.85 Å². The van der Waals surface area contributed by atoms with Gasteiger partial charge in [0.2, 0.25) is 0 Å². The van der Waals surface area contributed by atoms with E-state index in [9.17, 15) is 14.9 Å². The maximum Gasteiger partial charge on any atom is 0.193 e. The predicted molar refractivity (Wildman–Crippen MR) is 267 cm³/mol. The third-order valence-corrected chi connectivity index (χ3v) is 22.4. The highest BCUT2D eigenvalue weighted by Crippen LogP contribution is 2.67. The van der Waals surface area contributed by atoms with Crippen molar-refractivity contribution < 1.29 is 9.59 Å². The first-order valence-electron chi connectivity index (χ1n) is 26.9. The van der Waals surface area contributed by atoms with Gasteiger partial charge in [0, 0.05) is 71.6 Å². The van der Waals surface area contributed by atoms with Crippen molar-refractivity contribution in [3.05, 3.63) is 97.9 Å². The lowest BCUT2D eigenvalue weighted by Gasteiger charge is -2.37. The van der Waals surface area contributed by atoms with Crippen LogP contribution in [0.5, 0.6) is 0 Å². The molecule has 9 aromatic rings. The van der Waals surface area contributed by atoms with Gasteiger partial charge < -0.3 is 8.80 Å². The fourth-order valence-corrected chi connectivity index (χ4v) is 20.2. The molecule has 0 amide bonds. The molecule has 4 heterocycles. The van der Waals surface area contributed by atoms with E-state index in [1.165, 1.54) is 155 Å². The molecular formula is C62H50N4O2. The number of nitrogens with zero attached hydrogens (tertiary/aromatic N) is 4. The van der Waals surface area contributed by atoms with Crippen molar-refractivity contribution in [2.75, 3.05) is 0 Å². The van der Waals surface area contributed by atoms with E-state index in [4.69, 9.17) is 6.57 Å². The van der Waals surface area contributed by atoms with E-state index in [1.54, 1.807) is 0 Å². The normalized spacial score (nSPS) is 33.6. The zero-order valence-corrected chi connectivity index (χ0v) is 38.3. The summed E-state index contributed by atoms with van der Waals surface area (Å²) in [5.41, 5.74) is 19.0. The van der Waals surface area contributed by atoms with Gasteiger partial charge in [0.1, 0.15) is 0 Å². The zero-order valence-electron chi connectivity index (χ0n) is 38.3. The van der Waals surface area contributed by atoms with E-state index in [-0.39, 0.29) is 11.8 Å². The molecule has 5 aromatic carbocycles. The molecule has 0 saturated heterocycles. The summed E-state index contributed by atoms with van der Waals surface area (Å²) in [6.07, 6.45) is 18.0. The van der Waals surface area contributed by atoms with Crippen LogP contribution in [0.3, 0.4) is 0 Å². The summed E-state index contributed by atoms with van der Waals surface area (Å²) in [4.78, 5) is 34.1. The highest BCUT2D eigenvalue weighted by molar-refractivity contribution is 6.46. The molecular weight excluding hydrogens is 833 g/mol. The van der Waals surface area contributed by atoms with E-state index in [1.807, 2.05) is 0 Å². The maximum absolute atomic E-state index is 14.8. The third-order valence-electron chi connectivity index (χ3n) is 22.4. The summed E-state index contributed by atoms with van der Waals surface area (Å²) in [6.45, 7) is 8.87. The highest BCUT2D eigenvalue weighted by atomic mass is 16.1. The maximum atomic E-state index is 14.8. The van der Waals surface area contributed by atoms with E-state index in [2.05, 4.69) is 56.1 Å². The van der Waals surface area contributed by atoms with Crippen LogP contribution >= 0.6 is 0 Å². The Morgan fingerprint density at radius 1 is 0.485 bits per heavy atom. The van der Waals surface area contributed by atoms with Crippen LogP contribution in [0.2, 0.25) is 0 Å². The van der Waals surface area contributed by atoms with Crippen LogP contribution in [-0.2, 0) is 0 Å². The summed E-state index contributed by atoms with van der Waals surface area (Å²) >= 11 is 0. The minimum atomic E-state index is 0.0981. The fourth-order valence-electron chi connectivity index (χ4n) is 20.2. The molecule has 21 rings (SSSR count). The zero-order chi connectivity index (χ0) is 44.1. The van der Waals surface area contributed by atoms with Crippen molar-refractivity contribution in [3.63, 3.8) is 0 Å². The monoisotopic (exact) mass is 882 g/mol. The summed E-state index contributed by atoms with van der Waals surface area (Å²) in [5.74, 6) is 6.09. The number of aromatic nitrogens is 2. The van der Waals surface area contributed by atoms with Crippen molar-refractivity contribution in [2.45, 2.75) is 138 Å². The highest BCUT2D eigenvalue weighted by Gasteiger charge is 2.52. The van der Waals surface area contributed by atoms with Crippen LogP contribution < -0.4 is 0 Å². The van der Waals surface area contributed by atoms with Crippen molar-refractivity contribution in [1.29, 1.82) is 5.26 Å². The number of benzene rings is 5. The second-order valence-corrected chi connectivity index (χ2v) is 24.8. The molecule has 8 atom stereocenters. The van der Waals surface area contributed by atoms with E-state index < -0.39 is 0 Å². The Kier molecular flexibility index (Phi) is 6.12. The number of Topliss-reactive ketones (excluding diaryl/α,β-unsaturated/α-hetero) is 2. The lowest BCUT2D eigenvalue weighted by molar-refractivity contribution is 0.0891. The summed E-state index contributed by atoms with van der Waals surface area (Å²) in [7, 11) is 0. The SMILES string of the molecule is [C-]#[N+]c1cc2c(c3c1C1CC4CC(C1)C3C4)c1c3c4cc5c(cc4n4c6cc(C#N)c7c(c6c(c6c8cc9c(cc8n2c61)C1CCC(CC1)C9=O)c34)C1CC2CC7CC1C2)C1CCC(CC1)C5=O. The smallest absolute Gasteiger partial charge is 0.193 e. The minimum Gasteiger partial charge on any atom is -0.309 e. The Hall–Kier alpha value is -5.98. The molecule has 68 heavy (non-hydrogen) atoms. The summed E-state index contributed by atoms with van der Waals surface area (Å²) in [6, 6.07) is 17.1. The van der Waals surface area contributed by atoms with Gasteiger partial charge in [-0.3, -0.25) is 9.59 Å². The molecule has 6 nitrogen and oxygen atoms in total. The van der Waals surface area contributed by atoms with Crippen LogP contribution in [0.4, 0.5) is 5.69 Å². The number of ketones is 2. The van der Waals surface area contributed by atoms with Crippen molar-refractivity contribution in [3.8, 4) is 6.07 Å². The Bertz CT molecular complexity index is 3820. The van der Waals surface area contributed by atoms with Gasteiger partial charge in [0.15, 0.2) is 17.3 Å². The molecule has 6 fully saturated rings. The van der Waals surface area contributed by atoms with Crippen LogP contribution in [0.15, 0.2) is 36.4 Å². The van der Waals surface area contributed by atoms with Gasteiger partial charge in [-0.2, -0.15) is 5.26 Å². The van der Waals surface area contributed by atoms with Crippen molar-refractivity contribution in [2.24, 2.45) is 35.5 Å². The first-order valence-corrected chi connectivity index (χ1v) is 26.9. The minimum absolute atomic E-state index is 0.0981. The Morgan fingerprint density at radius 2 is 0.971 bits per heavy atom. The van der Waals surface area contributed by atoms with Gasteiger partial charge in [-0.15, -0.1) is 0 Å². The molecule has 0 spiro atoms. The topological polar surface area (TPSA) is 71.1 Å². The quantitative estimate of drug-likeness (QED) is 0.142. The predicted octanol–water partition coefficient (Wildman–Crippen LogP) is 15.4. The van der Waals surface area contributed by atoms with E-state index >= 15 is 0 Å². The Balaban J connectivity index is 1.11. The molecule has 0 aliphatic heterocycles. The first kappa shape index (κ1) is 36.1. The van der Waals surface area contributed by atoms with Crippen LogP contribution in [0, 0.1) is 53.4 Å². The van der Waals surface area contributed by atoms with Gasteiger partial charge in [-0.1, -0.05) is 0 Å². The summed E-state index contributed by atoms with van der Waals surface area (Å²) < 4.78 is 5.23. The van der Waals surface area contributed by atoms with Crippen molar-refractivity contribution >= 4 is 93.4 Å². The number of carbonyl (C=O) groups is 2. The molecule has 12 aliphatic carbocycles. The molecule has 4 aromatic heterocycles. The average molecular weight is 883 g/mol. The number of carbonyl (C=O) groups excluding carboxylic acids is 2. The summed E-state index contributed by atoms with van der Waals surface area (Å²) in [5, 5.41) is 21.5. The van der Waals surface area contributed by atoms with Gasteiger partial charge in [0.25, 0.3) is 0 Å². The lowest BCUT2D eigenvalue weighted by atomic mass is 9.67. The van der Waals surface area contributed by atoms with E-state index in [0.717, 1.165) is 85.2 Å². The molecule has 6 saturated carbocycles. The van der Waals surface area contributed by atoms with Crippen LogP contribution in [0.25, 0.3) is 81.0 Å². The lowest BCUT2D eigenvalue weighted by Crippen LogP contribution is -2.23. The first-order chi connectivity index (χ1) is 33.4. The van der Waals surface area contributed by atoms with Crippen molar-refractivity contribution in [1.82, 2.24) is 8.80 Å². The number of nitriles is 1. The Labute approximate surface area is 393 Å². The largest absolute Gasteiger partial charge is 0.309 e. The number of rotatable bonds is 0. The van der Waals surface area contributed by atoms with Gasteiger partial charge >= 0.3 is 0 Å². The van der Waals surface area contributed by atoms with Crippen LogP contribution in [0.1, 0.15) is 198 Å².